The molecule has 0 spiro atoms. The van der Waals surface area contributed by atoms with Crippen LogP contribution in [0.2, 0.25) is 5.02 Å². The van der Waals surface area contributed by atoms with Crippen LogP contribution < -0.4 is 15.1 Å². The molecule has 2 aliphatic rings. The molecule has 1 aromatic carbocycles. The molecule has 12 heteroatoms. The van der Waals surface area contributed by atoms with Crippen molar-refractivity contribution in [3.8, 4) is 17.0 Å². The molecule has 0 saturated carbocycles. The number of benzene rings is 1. The van der Waals surface area contributed by atoms with Crippen LogP contribution in [0.1, 0.15) is 45.1 Å². The highest BCUT2D eigenvalue weighted by Gasteiger charge is 2.28. The lowest BCUT2D eigenvalue weighted by Crippen LogP contribution is -2.47. The first-order chi connectivity index (χ1) is 19.6. The number of carbonyl (C=O) groups is 1. The molecule has 1 amide bonds. The van der Waals surface area contributed by atoms with Gasteiger partial charge in [0.15, 0.2) is 5.82 Å². The lowest BCUT2D eigenvalue weighted by molar-refractivity contribution is 0.0204. The second-order valence-corrected chi connectivity index (χ2v) is 11.8. The Morgan fingerprint density at radius 2 is 1.68 bits per heavy atom. The van der Waals surface area contributed by atoms with Gasteiger partial charge in [0.2, 0.25) is 5.95 Å². The molecule has 3 aromatic rings. The van der Waals surface area contributed by atoms with Gasteiger partial charge in [-0.2, -0.15) is 0 Å². The molecule has 0 unspecified atom stereocenters. The number of rotatable bonds is 5. The van der Waals surface area contributed by atoms with Gasteiger partial charge in [-0.25, -0.2) is 14.8 Å². The molecule has 218 valence electrons. The van der Waals surface area contributed by atoms with E-state index in [1.165, 1.54) is 0 Å². The zero-order valence-electron chi connectivity index (χ0n) is 24.0. The van der Waals surface area contributed by atoms with E-state index in [2.05, 4.69) is 25.3 Å². The van der Waals surface area contributed by atoms with Gasteiger partial charge in [0.1, 0.15) is 11.4 Å². The molecule has 11 nitrogen and oxygen atoms in total. The van der Waals surface area contributed by atoms with Crippen molar-refractivity contribution in [2.24, 2.45) is 0 Å². The predicted octanol–water partition coefficient (Wildman–Crippen LogP) is 4.78. The van der Waals surface area contributed by atoms with E-state index in [1.807, 2.05) is 46.3 Å². The van der Waals surface area contributed by atoms with Crippen molar-refractivity contribution in [1.29, 1.82) is 0 Å². The lowest BCUT2D eigenvalue weighted by Gasteiger charge is -2.36. The Balaban J connectivity index is 1.20. The third kappa shape index (κ3) is 6.56. The largest absolute Gasteiger partial charge is 0.506 e. The number of hydrogen-bond acceptors (Lipinski definition) is 10. The summed E-state index contributed by atoms with van der Waals surface area (Å²) < 4.78 is 5.51. The number of nitrogens with one attached hydrogen (secondary N) is 1. The van der Waals surface area contributed by atoms with Gasteiger partial charge in [0.05, 0.1) is 16.4 Å². The van der Waals surface area contributed by atoms with Crippen LogP contribution in [0.4, 0.5) is 22.2 Å². The Kier molecular flexibility index (Phi) is 8.35. The van der Waals surface area contributed by atoms with Gasteiger partial charge < -0.3 is 29.9 Å². The highest BCUT2D eigenvalue weighted by Crippen LogP contribution is 2.36. The molecule has 0 bridgehead atoms. The van der Waals surface area contributed by atoms with Crippen LogP contribution in [0, 0.1) is 0 Å². The number of phenols is 1. The van der Waals surface area contributed by atoms with E-state index in [9.17, 15) is 9.90 Å². The zero-order chi connectivity index (χ0) is 29.1. The summed E-state index contributed by atoms with van der Waals surface area (Å²) in [5, 5.41) is 22.5. The summed E-state index contributed by atoms with van der Waals surface area (Å²) in [6, 6.07) is 7.12. The number of nitrogens with zero attached hydrogens (tertiary/aromatic N) is 7. The maximum Gasteiger partial charge on any atom is 0.410 e. The molecule has 0 aliphatic carbocycles. The van der Waals surface area contributed by atoms with Crippen molar-refractivity contribution in [1.82, 2.24) is 25.1 Å². The molecule has 2 aliphatic heterocycles. The van der Waals surface area contributed by atoms with Gasteiger partial charge in [0.25, 0.3) is 0 Å². The van der Waals surface area contributed by atoms with Gasteiger partial charge in [-0.05, 0) is 63.3 Å². The maximum absolute atomic E-state index is 12.4. The molecule has 5 rings (SSSR count). The molecular formula is C29H37ClN8O3. The van der Waals surface area contributed by atoms with Gasteiger partial charge in [-0.3, -0.25) is 0 Å². The minimum Gasteiger partial charge on any atom is -0.506 e. The van der Waals surface area contributed by atoms with E-state index in [0.717, 1.165) is 50.3 Å². The second-order valence-electron chi connectivity index (χ2n) is 11.4. The average molecular weight is 581 g/mol. The van der Waals surface area contributed by atoms with E-state index in [1.54, 1.807) is 23.1 Å². The summed E-state index contributed by atoms with van der Waals surface area (Å²) in [7, 11) is 1.82. The summed E-state index contributed by atoms with van der Waals surface area (Å²) in [5.41, 5.74) is 2.62. The van der Waals surface area contributed by atoms with Crippen LogP contribution in [-0.2, 0) is 4.74 Å². The number of ether oxygens (including phenoxy) is 1. The molecule has 0 atom stereocenters. The minimum atomic E-state index is -0.489. The molecule has 2 N–H and O–H groups in total. The van der Waals surface area contributed by atoms with Crippen molar-refractivity contribution >= 4 is 35.1 Å². The van der Waals surface area contributed by atoms with E-state index in [0.29, 0.717) is 42.0 Å². The van der Waals surface area contributed by atoms with E-state index in [4.69, 9.17) is 26.3 Å². The molecule has 2 aromatic heterocycles. The van der Waals surface area contributed by atoms with Gasteiger partial charge in [-0.15, -0.1) is 10.2 Å². The first kappa shape index (κ1) is 28.7. The predicted molar refractivity (Wildman–Crippen MR) is 160 cm³/mol. The number of hydrogen-bond donors (Lipinski definition) is 2. The number of aromatic nitrogens is 4. The maximum atomic E-state index is 12.4. The number of likely N-dealkylation sites (tertiary alicyclic amines) is 1. The first-order valence-corrected chi connectivity index (χ1v) is 14.3. The number of piperazine rings is 1. The Morgan fingerprint density at radius 3 is 2.32 bits per heavy atom. The van der Waals surface area contributed by atoms with Gasteiger partial charge >= 0.3 is 6.09 Å². The summed E-state index contributed by atoms with van der Waals surface area (Å²) >= 11 is 6.12. The van der Waals surface area contributed by atoms with Crippen LogP contribution >= 0.6 is 11.6 Å². The van der Waals surface area contributed by atoms with Crippen LogP contribution in [0.3, 0.4) is 0 Å². The summed E-state index contributed by atoms with van der Waals surface area (Å²) in [6.07, 6.45) is 5.34. The fraction of sp³-hybridized carbons (Fsp3) is 0.483. The van der Waals surface area contributed by atoms with Crippen LogP contribution in [0.15, 0.2) is 36.7 Å². The number of phenolic OH excluding ortho intramolecular Hbond substituents is 1. The molecular weight excluding hydrogens is 544 g/mol. The highest BCUT2D eigenvalue weighted by molar-refractivity contribution is 6.32. The second kappa shape index (κ2) is 11.9. The fourth-order valence-corrected chi connectivity index (χ4v) is 5.40. The number of aromatic hydroxyl groups is 1. The third-order valence-corrected chi connectivity index (χ3v) is 7.76. The number of carbonyl (C=O) groups excluding carboxylic acids is 1. The highest BCUT2D eigenvalue weighted by atomic mass is 35.5. The minimum absolute atomic E-state index is 0.00867. The number of anilines is 3. The monoisotopic (exact) mass is 580 g/mol. The average Bonchev–Trinajstić information content (AvgIpc) is 2.98. The number of halogens is 1. The summed E-state index contributed by atoms with van der Waals surface area (Å²) in [6.45, 7) is 9.98. The standard InChI is InChI=1S/C29H37ClN8O3/c1-29(2,3)41-28(40)38-10-8-19(9-11-38)20-17-32-27(33-18-20)37-14-12-36(13-15-37)24-16-23(34-35-26(24)31-4)21-6-5-7-22(30)25(21)39/h5-7,16-19,39H,8-15H2,1-4H3,(H,31,35). The number of piperidine rings is 1. The molecule has 0 radical (unpaired) electrons. The van der Waals surface area contributed by atoms with Crippen LogP contribution in [0.5, 0.6) is 5.75 Å². The lowest BCUT2D eigenvalue weighted by atomic mass is 9.91. The Morgan fingerprint density at radius 1 is 1.02 bits per heavy atom. The van der Waals surface area contributed by atoms with Crippen LogP contribution in [-0.4, -0.2) is 88.2 Å². The van der Waals surface area contributed by atoms with Crippen molar-refractivity contribution in [3.05, 3.63) is 47.2 Å². The molecule has 2 fully saturated rings. The van der Waals surface area contributed by atoms with Crippen molar-refractivity contribution in [2.45, 2.75) is 45.1 Å². The summed E-state index contributed by atoms with van der Waals surface area (Å²) in [4.78, 5) is 28.0. The fourth-order valence-electron chi connectivity index (χ4n) is 5.23. The van der Waals surface area contributed by atoms with Crippen molar-refractivity contribution < 1.29 is 14.6 Å². The van der Waals surface area contributed by atoms with Crippen molar-refractivity contribution in [2.75, 3.05) is 61.4 Å². The van der Waals surface area contributed by atoms with Gasteiger partial charge in [-0.1, -0.05) is 17.7 Å². The Bertz CT molecular complexity index is 1370. The number of para-hydroxylation sites is 1. The summed E-state index contributed by atoms with van der Waals surface area (Å²) in [5.74, 6) is 1.70. The topological polar surface area (TPSA) is 120 Å². The van der Waals surface area contributed by atoms with Crippen LogP contribution in [0.25, 0.3) is 11.3 Å². The normalized spacial score (nSPS) is 16.6. The molecule has 41 heavy (non-hydrogen) atoms. The first-order valence-electron chi connectivity index (χ1n) is 14.0. The molecule has 2 saturated heterocycles. The molecule has 4 heterocycles. The number of amides is 1. The van der Waals surface area contributed by atoms with Gasteiger partial charge in [0, 0.05) is 64.3 Å². The van der Waals surface area contributed by atoms with E-state index in [-0.39, 0.29) is 16.9 Å². The Labute approximate surface area is 245 Å². The third-order valence-electron chi connectivity index (χ3n) is 7.45. The SMILES string of the molecule is CNc1nnc(-c2cccc(Cl)c2O)cc1N1CCN(c2ncc(C3CCN(C(=O)OC(C)(C)C)CC3)cn2)CC1. The van der Waals surface area contributed by atoms with E-state index >= 15 is 0 Å². The Hall–Kier alpha value is -3.86. The van der Waals surface area contributed by atoms with E-state index < -0.39 is 5.60 Å². The quantitative estimate of drug-likeness (QED) is 0.436. The zero-order valence-corrected chi connectivity index (χ0v) is 24.7. The smallest absolute Gasteiger partial charge is 0.410 e. The van der Waals surface area contributed by atoms with Crippen molar-refractivity contribution in [3.63, 3.8) is 0 Å².